The standard InChI is InChI=1S/C29H32BrN3O2.C29H32ClN3O2.C29H32FN3O2.C29H33N3O3/c3*30-23-11-6-20(7-12-23)17-27(35)33-29-26(14-9-19-4-2-1-3-5-19)31-28-24-13-8-21(18-34)16-22(24)10-15-25(28)32-29;33-18-21-8-13-24-22(16-21)10-15-25-28(24)30-26(14-9-19-4-2-1-3-5-19)29(31-25)32-27(35)17-20-6-11-23(34)12-7-20/h3*6-8,11-13,16,19,34H,1-5,9-10,14-15,17-18H2,(H,32,33,35);6-8,11-13,16,19,33-34H,1-5,9-10,14-15,17-18H2,(H,31,32,35). The van der Waals surface area contributed by atoms with Crippen LogP contribution in [-0.2, 0) is 148 Å². The lowest BCUT2D eigenvalue weighted by Crippen LogP contribution is -2.20. The van der Waals surface area contributed by atoms with E-state index >= 15 is 0 Å². The fourth-order valence-corrected chi connectivity index (χ4v) is 21.9. The van der Waals surface area contributed by atoms with Crippen molar-refractivity contribution in [2.75, 3.05) is 21.3 Å². The SMILES string of the molecule is O=C(Cc1ccc(Br)cc1)Nc1nc2c(nc1CCC1CCCCC1)-c1ccc(CO)cc1CC2.O=C(Cc1ccc(Cl)cc1)Nc1nc2c(nc1CCC1CCCCC1)-c1ccc(CO)cc1CC2.O=C(Cc1ccc(F)cc1)Nc1nc2c(nc1CCC1CCCCC1)-c1ccc(CO)cc1CC2.O=C(Cc1ccc(O)cc1)Nc1nc2c(nc1CCC1CCCCC1)-c1ccc(CO)cc1CC2. The van der Waals surface area contributed by atoms with Crippen LogP contribution in [0.15, 0.2) is 174 Å². The van der Waals surface area contributed by atoms with Gasteiger partial charge in [0.1, 0.15) is 11.6 Å². The summed E-state index contributed by atoms with van der Waals surface area (Å²) in [6.07, 6.45) is 40.9. The van der Waals surface area contributed by atoms with Crippen LogP contribution in [0, 0.1) is 29.5 Å². The summed E-state index contributed by atoms with van der Waals surface area (Å²) < 4.78 is 14.2. The molecule has 0 spiro atoms. The zero-order valence-corrected chi connectivity index (χ0v) is 82.5. The van der Waals surface area contributed by atoms with Crippen molar-refractivity contribution >= 4 is 74.4 Å². The zero-order valence-electron chi connectivity index (χ0n) is 80.2. The molecule has 21 nitrogen and oxygen atoms in total. The van der Waals surface area contributed by atoms with E-state index in [1.165, 1.54) is 163 Å². The van der Waals surface area contributed by atoms with Crippen LogP contribution in [0.25, 0.3) is 45.0 Å². The molecular formula is C116H129BrClFN12O9. The maximum Gasteiger partial charge on any atom is 0.229 e. The van der Waals surface area contributed by atoms with Crippen molar-refractivity contribution in [1.82, 2.24) is 39.9 Å². The van der Waals surface area contributed by atoms with E-state index < -0.39 is 0 Å². The van der Waals surface area contributed by atoms with Gasteiger partial charge in [-0.1, -0.05) is 277 Å². The smallest absolute Gasteiger partial charge is 0.229 e. The minimum atomic E-state index is -0.314. The number of hydrogen-bond donors (Lipinski definition) is 9. The molecule has 140 heavy (non-hydrogen) atoms. The summed E-state index contributed by atoms with van der Waals surface area (Å²) in [5, 5.41) is 60.5. The number of aromatic nitrogens is 8. The molecule has 8 aromatic carbocycles. The van der Waals surface area contributed by atoms with Crippen LogP contribution >= 0.6 is 27.5 Å². The minimum absolute atomic E-state index is 0.0253. The number of aryl methyl sites for hydroxylation is 12. The van der Waals surface area contributed by atoms with Crippen molar-refractivity contribution in [3.05, 3.63) is 297 Å². The quantitative estimate of drug-likeness (QED) is 0.0220. The molecule has 0 aliphatic heterocycles. The van der Waals surface area contributed by atoms with Gasteiger partial charge in [0.2, 0.25) is 23.6 Å². The molecule has 4 aromatic heterocycles. The molecule has 4 heterocycles. The number of aromatic hydroxyl groups is 1. The number of rotatable bonds is 28. The number of anilines is 4. The van der Waals surface area contributed by atoms with Gasteiger partial charge in [0, 0.05) is 31.7 Å². The molecule has 8 aliphatic carbocycles. The first kappa shape index (κ1) is 99.9. The highest BCUT2D eigenvalue weighted by atomic mass is 79.9. The van der Waals surface area contributed by atoms with E-state index in [0.717, 1.165) is 254 Å². The summed E-state index contributed by atoms with van der Waals surface area (Å²) in [6.45, 7) is 0.140. The van der Waals surface area contributed by atoms with Crippen LogP contribution in [0.3, 0.4) is 0 Å². The fraction of sp³-hybridized carbons (Fsp3) is 0.414. The van der Waals surface area contributed by atoms with Crippen LogP contribution in [0.2, 0.25) is 5.02 Å². The van der Waals surface area contributed by atoms with Crippen molar-refractivity contribution in [3.63, 3.8) is 0 Å². The first-order valence-electron chi connectivity index (χ1n) is 51.1. The number of aliphatic hydroxyl groups excluding tert-OH is 4. The van der Waals surface area contributed by atoms with Crippen LogP contribution in [0.5, 0.6) is 5.75 Å². The molecule has 4 fully saturated rings. The van der Waals surface area contributed by atoms with Gasteiger partial charge in [-0.3, -0.25) is 19.2 Å². The third-order valence-electron chi connectivity index (χ3n) is 29.3. The largest absolute Gasteiger partial charge is 0.508 e. The summed E-state index contributed by atoms with van der Waals surface area (Å²) >= 11 is 9.43. The van der Waals surface area contributed by atoms with Crippen LogP contribution in [0.4, 0.5) is 27.7 Å². The number of halogens is 3. The highest BCUT2D eigenvalue weighted by Crippen LogP contribution is 2.42. The number of fused-ring (bicyclic) bond motifs is 12. The van der Waals surface area contributed by atoms with Crippen LogP contribution < -0.4 is 21.3 Å². The minimum Gasteiger partial charge on any atom is -0.508 e. The molecule has 24 heteroatoms. The maximum atomic E-state index is 13.2. The number of phenolic OH excluding ortho intramolecular Hbond substituents is 1. The second kappa shape index (κ2) is 48.7. The summed E-state index contributed by atoms with van der Waals surface area (Å²) in [6, 6.07) is 52.2. The van der Waals surface area contributed by atoms with E-state index in [9.17, 15) is 49.1 Å². The Kier molecular flexibility index (Phi) is 34.7. The Morgan fingerprint density at radius 2 is 0.543 bits per heavy atom. The van der Waals surface area contributed by atoms with Gasteiger partial charge in [-0.05, 0) is 242 Å². The Hall–Kier alpha value is -11.7. The van der Waals surface area contributed by atoms with E-state index in [1.54, 1.807) is 48.5 Å². The number of carbonyl (C=O) groups excluding carboxylic acids is 4. The van der Waals surface area contributed by atoms with E-state index in [2.05, 4.69) is 73.6 Å². The average molecular weight is 1970 g/mol. The van der Waals surface area contributed by atoms with Crippen molar-refractivity contribution in [2.45, 2.75) is 283 Å². The molecule has 0 atom stereocenters. The molecule has 0 radical (unpaired) electrons. The number of hydrogen-bond acceptors (Lipinski definition) is 17. The number of aliphatic hydroxyl groups is 4. The number of nitrogens with zero attached hydrogens (tertiary/aromatic N) is 8. The molecule has 20 rings (SSSR count). The highest BCUT2D eigenvalue weighted by Gasteiger charge is 2.31. The van der Waals surface area contributed by atoms with Gasteiger partial charge in [-0.15, -0.1) is 0 Å². The normalized spacial score (nSPS) is 15.4. The molecule has 12 aromatic rings. The molecular weight excluding hydrogens is 1840 g/mol. The Bertz CT molecular complexity index is 5580. The monoisotopic (exact) mass is 1970 g/mol. The van der Waals surface area contributed by atoms with E-state index in [1.807, 2.05) is 72.8 Å². The summed E-state index contributed by atoms with van der Waals surface area (Å²) in [4.78, 5) is 91.8. The average Bonchev–Trinajstić information content (AvgIpc) is 0.781. The molecule has 8 aliphatic rings. The number of amides is 4. The maximum absolute atomic E-state index is 13.2. The molecule has 728 valence electrons. The van der Waals surface area contributed by atoms with Crippen molar-refractivity contribution in [1.29, 1.82) is 0 Å². The van der Waals surface area contributed by atoms with E-state index in [-0.39, 0.29) is 80.9 Å². The number of nitrogens with one attached hydrogen (secondary N) is 4. The third-order valence-corrected chi connectivity index (χ3v) is 30.1. The van der Waals surface area contributed by atoms with Gasteiger partial charge in [-0.2, -0.15) is 0 Å². The van der Waals surface area contributed by atoms with Gasteiger partial charge in [0.05, 0.1) is 120 Å². The topological polar surface area (TPSA) is 321 Å². The number of phenols is 1. The lowest BCUT2D eigenvalue weighted by Gasteiger charge is -2.23. The van der Waals surface area contributed by atoms with Gasteiger partial charge in [-0.25, -0.2) is 44.3 Å². The van der Waals surface area contributed by atoms with Gasteiger partial charge in [0.25, 0.3) is 0 Å². The predicted molar refractivity (Wildman–Crippen MR) is 552 cm³/mol. The van der Waals surface area contributed by atoms with Gasteiger partial charge in [0.15, 0.2) is 23.3 Å². The molecule has 0 saturated heterocycles. The molecule has 0 unspecified atom stereocenters. The number of benzene rings is 8. The summed E-state index contributed by atoms with van der Waals surface area (Å²) in [5.41, 5.74) is 27.1. The summed E-state index contributed by atoms with van der Waals surface area (Å²) in [7, 11) is 0. The zero-order chi connectivity index (χ0) is 96.8. The predicted octanol–water partition coefficient (Wildman–Crippen LogP) is 23.0. The Labute approximate surface area is 834 Å². The number of carbonyl (C=O) groups is 4. The lowest BCUT2D eigenvalue weighted by atomic mass is 9.85. The third kappa shape index (κ3) is 26.7. The summed E-state index contributed by atoms with van der Waals surface area (Å²) in [5.74, 6) is 4.63. The van der Waals surface area contributed by atoms with Crippen LogP contribution in [-0.4, -0.2) is 89.0 Å². The lowest BCUT2D eigenvalue weighted by molar-refractivity contribution is -0.116. The molecule has 4 amide bonds. The van der Waals surface area contributed by atoms with E-state index in [0.29, 0.717) is 46.6 Å². The van der Waals surface area contributed by atoms with Crippen molar-refractivity contribution in [3.8, 4) is 50.8 Å². The molecule has 9 N–H and O–H groups in total. The Morgan fingerprint density at radius 1 is 0.307 bits per heavy atom. The second-order valence-electron chi connectivity index (χ2n) is 39.5. The first-order chi connectivity index (χ1) is 68.3. The Morgan fingerprint density at radius 3 is 0.800 bits per heavy atom. The van der Waals surface area contributed by atoms with Gasteiger partial charge < -0.3 is 46.8 Å². The molecule has 4 saturated carbocycles. The van der Waals surface area contributed by atoms with Crippen molar-refractivity contribution < 1.29 is 49.1 Å². The van der Waals surface area contributed by atoms with Crippen LogP contribution in [0.1, 0.15) is 266 Å². The highest BCUT2D eigenvalue weighted by molar-refractivity contribution is 9.10. The van der Waals surface area contributed by atoms with Gasteiger partial charge >= 0.3 is 0 Å². The first-order valence-corrected chi connectivity index (χ1v) is 52.2. The Balaban J connectivity index is 0.000000129. The second-order valence-corrected chi connectivity index (χ2v) is 40.8. The fourth-order valence-electron chi connectivity index (χ4n) is 21.6. The molecule has 0 bridgehead atoms. The van der Waals surface area contributed by atoms with E-state index in [4.69, 9.17) is 51.5 Å². The van der Waals surface area contributed by atoms with Crippen molar-refractivity contribution in [2.24, 2.45) is 23.7 Å².